The molecule has 1 aliphatic rings. The molecule has 1 unspecified atom stereocenters. The lowest BCUT2D eigenvalue weighted by Crippen LogP contribution is -2.38. The van der Waals surface area contributed by atoms with Gasteiger partial charge in [-0.3, -0.25) is 9.59 Å². The van der Waals surface area contributed by atoms with E-state index in [4.69, 9.17) is 28.9 Å². The van der Waals surface area contributed by atoms with E-state index in [1.165, 1.54) is 17.0 Å². The molecule has 0 bridgehead atoms. The highest BCUT2D eigenvalue weighted by atomic mass is 35.5. The van der Waals surface area contributed by atoms with Gasteiger partial charge < -0.3 is 10.6 Å². The van der Waals surface area contributed by atoms with Crippen LogP contribution in [0.4, 0.5) is 0 Å². The highest BCUT2D eigenvalue weighted by Gasteiger charge is 2.41. The van der Waals surface area contributed by atoms with Gasteiger partial charge in [-0.05, 0) is 25.5 Å². The van der Waals surface area contributed by atoms with E-state index in [1.807, 2.05) is 0 Å². The molecule has 0 radical (unpaired) electrons. The highest BCUT2D eigenvalue weighted by molar-refractivity contribution is 6.34. The first-order valence-electron chi connectivity index (χ1n) is 5.75. The molecule has 19 heavy (non-hydrogen) atoms. The summed E-state index contributed by atoms with van der Waals surface area (Å²) in [7, 11) is 0. The molecule has 0 aliphatic carbocycles. The van der Waals surface area contributed by atoms with Gasteiger partial charge in [0.2, 0.25) is 5.91 Å². The fourth-order valence-electron chi connectivity index (χ4n) is 2.05. The lowest BCUT2D eigenvalue weighted by Gasteiger charge is -2.21. The van der Waals surface area contributed by atoms with Crippen molar-refractivity contribution in [3.63, 3.8) is 0 Å². The van der Waals surface area contributed by atoms with Crippen molar-refractivity contribution >= 4 is 35.0 Å². The van der Waals surface area contributed by atoms with Crippen LogP contribution in [0, 0.1) is 5.41 Å². The Balaban J connectivity index is 2.22. The van der Waals surface area contributed by atoms with Gasteiger partial charge in [-0.2, -0.15) is 0 Å². The van der Waals surface area contributed by atoms with Gasteiger partial charge in [0.25, 0.3) is 5.91 Å². The predicted molar refractivity (Wildman–Crippen MR) is 72.1 cm³/mol. The van der Waals surface area contributed by atoms with Crippen LogP contribution in [0.1, 0.15) is 23.8 Å². The smallest absolute Gasteiger partial charge is 0.274 e. The fraction of sp³-hybridized carbons (Fsp3) is 0.417. The fourth-order valence-corrected chi connectivity index (χ4v) is 2.39. The van der Waals surface area contributed by atoms with E-state index in [1.54, 1.807) is 6.92 Å². The number of amides is 2. The summed E-state index contributed by atoms with van der Waals surface area (Å²) in [6, 6.07) is 3.03. The number of nitrogens with two attached hydrogens (primary N) is 1. The molecule has 1 saturated heterocycles. The number of likely N-dealkylation sites (tertiary alicyclic amines) is 1. The Labute approximate surface area is 120 Å². The molecule has 2 N–H and O–H groups in total. The first-order valence-corrected chi connectivity index (χ1v) is 6.50. The maximum atomic E-state index is 12.3. The number of rotatable bonds is 2. The zero-order chi connectivity index (χ0) is 14.2. The van der Waals surface area contributed by atoms with Crippen molar-refractivity contribution in [1.82, 2.24) is 9.88 Å². The highest BCUT2D eigenvalue weighted by Crippen LogP contribution is 2.31. The van der Waals surface area contributed by atoms with E-state index in [0.29, 0.717) is 13.0 Å². The average Bonchev–Trinajstić information content (AvgIpc) is 2.76. The minimum Gasteiger partial charge on any atom is -0.369 e. The summed E-state index contributed by atoms with van der Waals surface area (Å²) in [5, 5.41) is 0.437. The first-order chi connectivity index (χ1) is 8.83. The molecule has 1 atom stereocenters. The Bertz CT molecular complexity index is 550. The Morgan fingerprint density at radius 2 is 2.11 bits per heavy atom. The minimum atomic E-state index is -0.694. The second kappa shape index (κ2) is 4.98. The first kappa shape index (κ1) is 14.1. The summed E-state index contributed by atoms with van der Waals surface area (Å²) >= 11 is 11.7. The molecule has 2 heterocycles. The maximum Gasteiger partial charge on any atom is 0.274 e. The standard InChI is InChI=1S/C12H13Cl2N3O2/c1-12(11(15)19)4-5-17(6-12)10(18)9-7(13)2-3-8(14)16-9/h2-3H,4-6H2,1H3,(H2,15,19). The third-order valence-electron chi connectivity index (χ3n) is 3.37. The molecular formula is C12H13Cl2N3O2. The van der Waals surface area contributed by atoms with Crippen molar-refractivity contribution in [2.75, 3.05) is 13.1 Å². The van der Waals surface area contributed by atoms with Gasteiger partial charge >= 0.3 is 0 Å². The van der Waals surface area contributed by atoms with Crippen LogP contribution in [0.15, 0.2) is 12.1 Å². The number of pyridine rings is 1. The van der Waals surface area contributed by atoms with Crippen LogP contribution in [0.2, 0.25) is 10.2 Å². The monoisotopic (exact) mass is 301 g/mol. The lowest BCUT2D eigenvalue weighted by atomic mass is 9.89. The summed E-state index contributed by atoms with van der Waals surface area (Å²) in [4.78, 5) is 29.1. The van der Waals surface area contributed by atoms with E-state index in [0.717, 1.165) is 0 Å². The third kappa shape index (κ3) is 2.67. The molecule has 5 nitrogen and oxygen atoms in total. The molecule has 0 saturated carbocycles. The normalized spacial score (nSPS) is 22.6. The van der Waals surface area contributed by atoms with Crippen LogP contribution in [0.5, 0.6) is 0 Å². The number of halogens is 2. The SMILES string of the molecule is CC1(C(N)=O)CCN(C(=O)c2nc(Cl)ccc2Cl)C1. The molecule has 0 aromatic carbocycles. The number of hydrogen-bond donors (Lipinski definition) is 1. The van der Waals surface area contributed by atoms with Crippen molar-refractivity contribution in [2.24, 2.45) is 11.1 Å². The van der Waals surface area contributed by atoms with E-state index in [-0.39, 0.29) is 28.3 Å². The molecule has 2 amide bonds. The van der Waals surface area contributed by atoms with Crippen LogP contribution >= 0.6 is 23.2 Å². The molecular weight excluding hydrogens is 289 g/mol. The van der Waals surface area contributed by atoms with Gasteiger partial charge in [0.05, 0.1) is 10.4 Å². The number of carbonyl (C=O) groups is 2. The predicted octanol–water partition coefficient (Wildman–Crippen LogP) is 1.73. The van der Waals surface area contributed by atoms with Gasteiger partial charge in [0.1, 0.15) is 10.8 Å². The zero-order valence-corrected chi connectivity index (χ0v) is 11.8. The summed E-state index contributed by atoms with van der Waals surface area (Å²) in [5.41, 5.74) is 4.75. The van der Waals surface area contributed by atoms with Gasteiger partial charge in [-0.25, -0.2) is 4.98 Å². The Hall–Kier alpha value is -1.33. The van der Waals surface area contributed by atoms with Gasteiger partial charge in [0, 0.05) is 13.1 Å². The molecule has 0 spiro atoms. The Morgan fingerprint density at radius 3 is 2.68 bits per heavy atom. The molecule has 7 heteroatoms. The van der Waals surface area contributed by atoms with E-state index >= 15 is 0 Å². The van der Waals surface area contributed by atoms with Gasteiger partial charge in [-0.1, -0.05) is 23.2 Å². The third-order valence-corrected chi connectivity index (χ3v) is 3.89. The van der Waals surface area contributed by atoms with Crippen LogP contribution in [0.25, 0.3) is 0 Å². The van der Waals surface area contributed by atoms with Crippen LogP contribution in [-0.2, 0) is 4.79 Å². The van der Waals surface area contributed by atoms with Gasteiger partial charge in [0.15, 0.2) is 0 Å². The van der Waals surface area contributed by atoms with Crippen LogP contribution < -0.4 is 5.73 Å². The minimum absolute atomic E-state index is 0.0999. The van der Waals surface area contributed by atoms with E-state index in [2.05, 4.69) is 4.98 Å². The van der Waals surface area contributed by atoms with Crippen LogP contribution in [-0.4, -0.2) is 34.8 Å². The molecule has 102 valence electrons. The quantitative estimate of drug-likeness (QED) is 0.845. The molecule has 2 rings (SSSR count). The number of nitrogens with zero attached hydrogens (tertiary/aromatic N) is 2. The largest absolute Gasteiger partial charge is 0.369 e. The molecule has 1 aliphatic heterocycles. The summed E-state index contributed by atoms with van der Waals surface area (Å²) < 4.78 is 0. The van der Waals surface area contributed by atoms with E-state index < -0.39 is 11.3 Å². The van der Waals surface area contributed by atoms with Crippen LogP contribution in [0.3, 0.4) is 0 Å². The zero-order valence-electron chi connectivity index (χ0n) is 10.3. The van der Waals surface area contributed by atoms with Crippen molar-refractivity contribution in [3.8, 4) is 0 Å². The maximum absolute atomic E-state index is 12.3. The Morgan fingerprint density at radius 1 is 1.42 bits per heavy atom. The summed E-state index contributed by atoms with van der Waals surface area (Å²) in [6.07, 6.45) is 0.534. The molecule has 1 aromatic heterocycles. The van der Waals surface area contributed by atoms with Gasteiger partial charge in [-0.15, -0.1) is 0 Å². The topological polar surface area (TPSA) is 76.3 Å². The van der Waals surface area contributed by atoms with Crippen molar-refractivity contribution in [3.05, 3.63) is 28.0 Å². The average molecular weight is 302 g/mol. The number of aromatic nitrogens is 1. The van der Waals surface area contributed by atoms with Crippen molar-refractivity contribution in [2.45, 2.75) is 13.3 Å². The number of carbonyl (C=O) groups excluding carboxylic acids is 2. The van der Waals surface area contributed by atoms with Crippen molar-refractivity contribution in [1.29, 1.82) is 0 Å². The Kier molecular flexibility index (Phi) is 3.69. The number of hydrogen-bond acceptors (Lipinski definition) is 3. The second-order valence-corrected chi connectivity index (χ2v) is 5.66. The van der Waals surface area contributed by atoms with E-state index in [9.17, 15) is 9.59 Å². The summed E-state index contributed by atoms with van der Waals surface area (Å²) in [6.45, 7) is 2.46. The molecule has 1 fully saturated rings. The summed E-state index contributed by atoms with van der Waals surface area (Å²) in [5.74, 6) is -0.745. The second-order valence-electron chi connectivity index (χ2n) is 4.87. The molecule has 1 aromatic rings. The number of primary amides is 1. The van der Waals surface area contributed by atoms with Crippen molar-refractivity contribution < 1.29 is 9.59 Å². The lowest BCUT2D eigenvalue weighted by molar-refractivity contribution is -0.126.